The van der Waals surface area contributed by atoms with Crippen LogP contribution in [0.15, 0.2) is 24.3 Å². The van der Waals surface area contributed by atoms with Gasteiger partial charge in [0.2, 0.25) is 0 Å². The number of rotatable bonds is 2. The third kappa shape index (κ3) is 9.85. The molecule has 38 heavy (non-hydrogen) atoms. The molecular formula is C22H28F9N3O4. The Bertz CT molecular complexity index is 897. The topological polar surface area (TPSA) is 130 Å². The molecule has 218 valence electrons. The summed E-state index contributed by atoms with van der Waals surface area (Å²) in [5.74, 6) is -5.22. The molecule has 0 radical (unpaired) electrons. The lowest BCUT2D eigenvalue weighted by atomic mass is 9.68. The SMILES string of the molecule is NC1CCCCC1(N)[C@H]1CCCN(c2ccc(C(F)(F)F)cc2)C1.O=C(O)C(F)(F)F.O=C(O)C(F)(F)F. The molecular weight excluding hydrogens is 541 g/mol. The predicted octanol–water partition coefficient (Wildman–Crippen LogP) is 4.79. The van der Waals surface area contributed by atoms with Gasteiger partial charge < -0.3 is 26.6 Å². The van der Waals surface area contributed by atoms with Gasteiger partial charge in [0.1, 0.15) is 0 Å². The van der Waals surface area contributed by atoms with E-state index in [1.165, 1.54) is 0 Å². The number of halogens is 9. The number of carboxylic acids is 2. The van der Waals surface area contributed by atoms with Gasteiger partial charge in [-0.3, -0.25) is 0 Å². The van der Waals surface area contributed by atoms with Crippen molar-refractivity contribution in [3.63, 3.8) is 0 Å². The van der Waals surface area contributed by atoms with Crippen molar-refractivity contribution in [3.05, 3.63) is 29.8 Å². The van der Waals surface area contributed by atoms with Gasteiger partial charge in [0.25, 0.3) is 0 Å². The van der Waals surface area contributed by atoms with Crippen molar-refractivity contribution in [3.8, 4) is 0 Å². The number of carboxylic acid groups (broad SMARTS) is 2. The molecule has 2 aliphatic rings. The molecule has 1 aliphatic heterocycles. The number of hydrogen-bond donors (Lipinski definition) is 4. The predicted molar refractivity (Wildman–Crippen MR) is 117 cm³/mol. The lowest BCUT2D eigenvalue weighted by Crippen LogP contribution is -2.64. The van der Waals surface area contributed by atoms with E-state index in [2.05, 4.69) is 4.90 Å². The Labute approximate surface area is 211 Å². The van der Waals surface area contributed by atoms with Crippen molar-refractivity contribution in [2.45, 2.75) is 68.6 Å². The van der Waals surface area contributed by atoms with Crippen molar-refractivity contribution < 1.29 is 59.3 Å². The van der Waals surface area contributed by atoms with Gasteiger partial charge in [-0.2, -0.15) is 39.5 Å². The Balaban J connectivity index is 0.000000426. The zero-order chi connectivity index (χ0) is 29.5. The lowest BCUT2D eigenvalue weighted by molar-refractivity contribution is -0.193. The summed E-state index contributed by atoms with van der Waals surface area (Å²) in [6, 6.07) is 5.46. The minimum atomic E-state index is -5.08. The fourth-order valence-electron chi connectivity index (χ4n) is 4.27. The maximum Gasteiger partial charge on any atom is 0.490 e. The highest BCUT2D eigenvalue weighted by Crippen LogP contribution is 2.38. The highest BCUT2D eigenvalue weighted by molar-refractivity contribution is 5.73. The van der Waals surface area contributed by atoms with Crippen LogP contribution in [0.1, 0.15) is 44.1 Å². The zero-order valence-electron chi connectivity index (χ0n) is 19.8. The van der Waals surface area contributed by atoms with E-state index in [4.69, 9.17) is 31.3 Å². The first-order valence-corrected chi connectivity index (χ1v) is 11.3. The average molecular weight is 569 g/mol. The van der Waals surface area contributed by atoms with E-state index in [1.807, 2.05) is 0 Å². The molecule has 1 saturated carbocycles. The normalized spacial score (nSPS) is 24.3. The van der Waals surface area contributed by atoms with Crippen LogP contribution in [0.5, 0.6) is 0 Å². The van der Waals surface area contributed by atoms with Crippen LogP contribution in [0.25, 0.3) is 0 Å². The first kappa shape index (κ1) is 33.3. The van der Waals surface area contributed by atoms with Crippen LogP contribution in [0.2, 0.25) is 0 Å². The van der Waals surface area contributed by atoms with Gasteiger partial charge >= 0.3 is 30.5 Å². The second kappa shape index (κ2) is 12.9. The smallest absolute Gasteiger partial charge is 0.475 e. The van der Waals surface area contributed by atoms with Crippen molar-refractivity contribution in [1.82, 2.24) is 0 Å². The number of carbonyl (C=O) groups is 2. The fourth-order valence-corrected chi connectivity index (χ4v) is 4.27. The van der Waals surface area contributed by atoms with Crippen molar-refractivity contribution in [2.24, 2.45) is 17.4 Å². The van der Waals surface area contributed by atoms with Crippen LogP contribution < -0.4 is 16.4 Å². The first-order valence-electron chi connectivity index (χ1n) is 11.3. The minimum Gasteiger partial charge on any atom is -0.475 e. The van der Waals surface area contributed by atoms with Gasteiger partial charge in [-0.25, -0.2) is 9.59 Å². The van der Waals surface area contributed by atoms with Crippen LogP contribution in [0, 0.1) is 5.92 Å². The van der Waals surface area contributed by atoms with Crippen LogP contribution in [0.4, 0.5) is 45.2 Å². The van der Waals surface area contributed by atoms with E-state index < -0.39 is 36.0 Å². The number of aliphatic carboxylic acids is 2. The summed E-state index contributed by atoms with van der Waals surface area (Å²) >= 11 is 0. The van der Waals surface area contributed by atoms with E-state index in [-0.39, 0.29) is 11.6 Å². The van der Waals surface area contributed by atoms with Crippen LogP contribution in [-0.4, -0.2) is 59.2 Å². The second-order valence-corrected chi connectivity index (χ2v) is 8.90. The number of nitrogens with two attached hydrogens (primary N) is 2. The van der Waals surface area contributed by atoms with Crippen LogP contribution in [-0.2, 0) is 15.8 Å². The summed E-state index contributed by atoms with van der Waals surface area (Å²) < 4.78 is 102. The van der Waals surface area contributed by atoms with E-state index in [0.29, 0.717) is 5.92 Å². The fraction of sp³-hybridized carbons (Fsp3) is 0.636. The van der Waals surface area contributed by atoms with Crippen LogP contribution >= 0.6 is 0 Å². The minimum absolute atomic E-state index is 0.0174. The van der Waals surface area contributed by atoms with Crippen molar-refractivity contribution in [1.29, 1.82) is 0 Å². The molecule has 3 atom stereocenters. The van der Waals surface area contributed by atoms with Gasteiger partial charge in [-0.15, -0.1) is 0 Å². The maximum atomic E-state index is 12.7. The number of alkyl halides is 9. The van der Waals surface area contributed by atoms with E-state index >= 15 is 0 Å². The number of benzene rings is 1. The van der Waals surface area contributed by atoms with Crippen molar-refractivity contribution >= 4 is 17.6 Å². The molecule has 0 amide bonds. The monoisotopic (exact) mass is 569 g/mol. The molecule has 1 aliphatic carbocycles. The standard InChI is InChI=1S/C18H26F3N3.2C2HF3O2/c19-18(20,21)13-6-8-15(9-7-13)24-11-3-4-14(12-24)17(23)10-2-1-5-16(17)22;2*3-2(4,5)1(6)7/h6-9,14,16H,1-5,10-12,22-23H2;2*(H,6,7)/t14-,16?,17?;;/m0../s1. The van der Waals surface area contributed by atoms with Gasteiger partial charge in [0.15, 0.2) is 0 Å². The Hall–Kier alpha value is -2.75. The second-order valence-electron chi connectivity index (χ2n) is 8.90. The van der Waals surface area contributed by atoms with Gasteiger partial charge in [-0.1, -0.05) is 12.8 Å². The van der Waals surface area contributed by atoms with Gasteiger partial charge in [0, 0.05) is 30.4 Å². The van der Waals surface area contributed by atoms with E-state index in [9.17, 15) is 39.5 Å². The number of anilines is 1. The Morgan fingerprint density at radius 1 is 0.842 bits per heavy atom. The Morgan fingerprint density at radius 3 is 1.71 bits per heavy atom. The summed E-state index contributed by atoms with van der Waals surface area (Å²) in [5.41, 5.74) is 12.9. The molecule has 7 nitrogen and oxygen atoms in total. The lowest BCUT2D eigenvalue weighted by Gasteiger charge is -2.49. The largest absolute Gasteiger partial charge is 0.490 e. The molecule has 16 heteroatoms. The third-order valence-corrected chi connectivity index (χ3v) is 6.29. The molecule has 1 heterocycles. The molecule has 3 rings (SSSR count). The van der Waals surface area contributed by atoms with Crippen LogP contribution in [0.3, 0.4) is 0 Å². The van der Waals surface area contributed by atoms with Crippen molar-refractivity contribution in [2.75, 3.05) is 18.0 Å². The molecule has 1 saturated heterocycles. The molecule has 0 bridgehead atoms. The highest BCUT2D eigenvalue weighted by atomic mass is 19.4. The zero-order valence-corrected chi connectivity index (χ0v) is 19.8. The summed E-state index contributed by atoms with van der Waals surface area (Å²) in [6.45, 7) is 1.63. The number of hydrogen-bond acceptors (Lipinski definition) is 5. The molecule has 2 unspecified atom stereocenters. The maximum absolute atomic E-state index is 12.7. The molecule has 0 aromatic heterocycles. The summed E-state index contributed by atoms with van der Waals surface area (Å²) in [4.78, 5) is 19.9. The average Bonchev–Trinajstić information content (AvgIpc) is 2.80. The highest BCUT2D eigenvalue weighted by Gasteiger charge is 2.43. The molecule has 6 N–H and O–H groups in total. The number of piperidine rings is 1. The molecule has 1 aromatic carbocycles. The third-order valence-electron chi connectivity index (χ3n) is 6.29. The number of nitrogens with zero attached hydrogens (tertiary/aromatic N) is 1. The molecule has 0 spiro atoms. The van der Waals surface area contributed by atoms with E-state index in [1.54, 1.807) is 12.1 Å². The first-order chi connectivity index (χ1) is 17.2. The van der Waals surface area contributed by atoms with E-state index in [0.717, 1.165) is 69.4 Å². The quantitative estimate of drug-likeness (QED) is 0.377. The molecule has 2 fully saturated rings. The van der Waals surface area contributed by atoms with Gasteiger partial charge in [0.05, 0.1) is 5.56 Å². The Morgan fingerprint density at radius 2 is 1.32 bits per heavy atom. The summed E-state index contributed by atoms with van der Waals surface area (Å²) in [5, 5.41) is 14.2. The summed E-state index contributed by atoms with van der Waals surface area (Å²) in [7, 11) is 0. The molecule has 1 aromatic rings. The summed E-state index contributed by atoms with van der Waals surface area (Å²) in [6.07, 6.45) is -8.26. The Kier molecular flexibility index (Phi) is 11.3. The van der Waals surface area contributed by atoms with Gasteiger partial charge in [-0.05, 0) is 55.9 Å².